The van der Waals surface area contributed by atoms with Crippen LogP contribution in [0.25, 0.3) is 0 Å². The first-order chi connectivity index (χ1) is 23.4. The molecule has 2 aromatic carbocycles. The second kappa shape index (κ2) is 15.7. The number of aryl methyl sites for hydroxylation is 1. The SMILES string of the molecule is CC(C)OC(=O)N1CCC(c2noc(COc3cnc(N4C[C@H](c5ccccc5F)[C@@H](N)C4)nc3)n2)CC1.Cc1ccc(S(=O)(=O)O)cc1. The molecule has 4 heterocycles. The predicted molar refractivity (Wildman–Crippen MR) is 176 cm³/mol. The summed E-state index contributed by atoms with van der Waals surface area (Å²) in [4.78, 5) is 29.0. The maximum Gasteiger partial charge on any atom is 0.410 e. The Kier molecular flexibility index (Phi) is 11.4. The Hall–Kier alpha value is -4.67. The number of likely N-dealkylation sites (tertiary alicyclic amines) is 1. The monoisotopic (exact) mass is 697 g/mol. The minimum atomic E-state index is -4.02. The van der Waals surface area contributed by atoms with Crippen LogP contribution < -0.4 is 15.4 Å². The van der Waals surface area contributed by atoms with Crippen molar-refractivity contribution < 1.29 is 36.2 Å². The van der Waals surface area contributed by atoms with E-state index in [2.05, 4.69) is 20.1 Å². The lowest BCUT2D eigenvalue weighted by molar-refractivity contribution is 0.0688. The lowest BCUT2D eigenvalue weighted by Gasteiger charge is -2.30. The lowest BCUT2D eigenvalue weighted by Crippen LogP contribution is -2.39. The summed E-state index contributed by atoms with van der Waals surface area (Å²) in [5, 5.41) is 4.10. The first kappa shape index (κ1) is 35.6. The van der Waals surface area contributed by atoms with E-state index in [0.29, 0.717) is 55.2 Å². The molecule has 2 atom stereocenters. The second-order valence-electron chi connectivity index (χ2n) is 12.2. The van der Waals surface area contributed by atoms with Crippen LogP contribution in [0.4, 0.5) is 15.1 Å². The Labute approximate surface area is 284 Å². The molecule has 0 radical (unpaired) electrons. The van der Waals surface area contributed by atoms with Crippen LogP contribution in [0, 0.1) is 12.7 Å². The van der Waals surface area contributed by atoms with Crippen LogP contribution in [0.2, 0.25) is 0 Å². The van der Waals surface area contributed by atoms with Gasteiger partial charge in [0, 0.05) is 44.1 Å². The molecule has 0 spiro atoms. The van der Waals surface area contributed by atoms with Gasteiger partial charge in [0.15, 0.2) is 18.2 Å². The highest BCUT2D eigenvalue weighted by Gasteiger charge is 2.34. The van der Waals surface area contributed by atoms with Crippen LogP contribution in [-0.2, 0) is 21.5 Å². The van der Waals surface area contributed by atoms with E-state index in [-0.39, 0.29) is 47.4 Å². The highest BCUT2D eigenvalue weighted by Crippen LogP contribution is 2.31. The maximum atomic E-state index is 14.3. The van der Waals surface area contributed by atoms with Gasteiger partial charge in [-0.2, -0.15) is 13.4 Å². The molecular weight excluding hydrogens is 657 g/mol. The number of aromatic nitrogens is 4. The van der Waals surface area contributed by atoms with Gasteiger partial charge in [-0.1, -0.05) is 41.1 Å². The third-order valence-corrected chi connectivity index (χ3v) is 9.05. The van der Waals surface area contributed by atoms with Crippen molar-refractivity contribution in [1.82, 2.24) is 25.0 Å². The number of rotatable bonds is 8. The van der Waals surface area contributed by atoms with Crippen molar-refractivity contribution in [2.75, 3.05) is 31.1 Å². The molecule has 0 saturated carbocycles. The average molecular weight is 698 g/mol. The van der Waals surface area contributed by atoms with Crippen LogP contribution in [0.15, 0.2) is 70.3 Å². The third kappa shape index (κ3) is 9.49. The number of carbonyl (C=O) groups is 1. The van der Waals surface area contributed by atoms with E-state index in [4.69, 9.17) is 24.3 Å². The number of benzene rings is 2. The summed E-state index contributed by atoms with van der Waals surface area (Å²) in [7, 11) is -4.02. The van der Waals surface area contributed by atoms with Gasteiger partial charge < -0.3 is 29.5 Å². The summed E-state index contributed by atoms with van der Waals surface area (Å²) < 4.78 is 60.2. The molecule has 4 aromatic rings. The van der Waals surface area contributed by atoms with Gasteiger partial charge in [-0.15, -0.1) is 0 Å². The van der Waals surface area contributed by atoms with Crippen molar-refractivity contribution in [3.8, 4) is 5.75 Å². The zero-order valence-electron chi connectivity index (χ0n) is 27.5. The fraction of sp³-hybridized carbons (Fsp3) is 0.424. The smallest absolute Gasteiger partial charge is 0.410 e. The largest absolute Gasteiger partial charge is 0.481 e. The first-order valence-electron chi connectivity index (χ1n) is 15.9. The van der Waals surface area contributed by atoms with E-state index in [9.17, 15) is 17.6 Å². The fourth-order valence-electron chi connectivity index (χ4n) is 5.59. The maximum absolute atomic E-state index is 14.3. The molecular formula is C33H40FN7O7S. The summed E-state index contributed by atoms with van der Waals surface area (Å²) in [6.07, 6.45) is 4.20. The molecule has 2 fully saturated rings. The van der Waals surface area contributed by atoms with Crippen molar-refractivity contribution in [1.29, 1.82) is 0 Å². The normalized spacial score (nSPS) is 18.3. The summed E-state index contributed by atoms with van der Waals surface area (Å²) >= 11 is 0. The molecule has 2 aromatic heterocycles. The number of amides is 1. The van der Waals surface area contributed by atoms with Gasteiger partial charge in [-0.3, -0.25) is 4.55 Å². The molecule has 0 bridgehead atoms. The van der Waals surface area contributed by atoms with Crippen LogP contribution in [0.5, 0.6) is 5.75 Å². The quantitative estimate of drug-likeness (QED) is 0.246. The molecule has 262 valence electrons. The minimum Gasteiger partial charge on any atom is -0.481 e. The van der Waals surface area contributed by atoms with Gasteiger partial charge >= 0.3 is 6.09 Å². The molecule has 1 amide bonds. The minimum absolute atomic E-state index is 0.0666. The molecule has 16 heteroatoms. The Bertz CT molecular complexity index is 1800. The molecule has 2 saturated heterocycles. The number of nitrogens with two attached hydrogens (primary N) is 1. The van der Waals surface area contributed by atoms with E-state index in [1.807, 2.05) is 31.7 Å². The summed E-state index contributed by atoms with van der Waals surface area (Å²) in [5.41, 5.74) is 7.88. The number of carbonyl (C=O) groups excluding carboxylic acids is 1. The van der Waals surface area contributed by atoms with E-state index in [0.717, 1.165) is 18.4 Å². The lowest BCUT2D eigenvalue weighted by atomic mass is 9.94. The first-order valence-corrected chi connectivity index (χ1v) is 17.3. The zero-order chi connectivity index (χ0) is 35.1. The number of ether oxygens (including phenoxy) is 2. The summed E-state index contributed by atoms with van der Waals surface area (Å²) in [6, 6.07) is 12.5. The second-order valence-corrected chi connectivity index (χ2v) is 13.7. The molecule has 2 aliphatic heterocycles. The van der Waals surface area contributed by atoms with Gasteiger partial charge in [0.25, 0.3) is 16.0 Å². The van der Waals surface area contributed by atoms with E-state index in [1.54, 1.807) is 41.6 Å². The number of hydrogen-bond donors (Lipinski definition) is 2. The summed E-state index contributed by atoms with van der Waals surface area (Å²) in [6.45, 7) is 7.83. The van der Waals surface area contributed by atoms with Gasteiger partial charge in [-0.05, 0) is 57.4 Å². The molecule has 0 unspecified atom stereocenters. The fourth-order valence-corrected chi connectivity index (χ4v) is 6.07. The average Bonchev–Trinajstić information content (AvgIpc) is 3.71. The summed E-state index contributed by atoms with van der Waals surface area (Å²) in [5.74, 6) is 1.66. The van der Waals surface area contributed by atoms with Crippen molar-refractivity contribution in [3.63, 3.8) is 0 Å². The van der Waals surface area contributed by atoms with Gasteiger partial charge in [0.1, 0.15) is 5.82 Å². The standard InChI is InChI=1S/C26H32FN7O4.C7H8O3S/c1-16(2)37-26(35)33-9-7-17(8-10-33)24-31-23(38-32-24)15-36-18-11-29-25(30-12-18)34-13-20(22(28)14-34)19-5-3-4-6-21(19)27;1-6-2-4-7(5-3-6)11(8,9)10/h3-6,11-12,16-17,20,22H,7-10,13-15,28H2,1-2H3;2-5H,1H3,(H,8,9,10)/t20-,22+;/m1./s1. The van der Waals surface area contributed by atoms with E-state index >= 15 is 0 Å². The van der Waals surface area contributed by atoms with E-state index in [1.165, 1.54) is 18.2 Å². The van der Waals surface area contributed by atoms with Gasteiger partial charge in [-0.25, -0.2) is 19.2 Å². The molecule has 6 rings (SSSR count). The Balaban J connectivity index is 0.000000363. The predicted octanol–water partition coefficient (Wildman–Crippen LogP) is 4.47. The van der Waals surface area contributed by atoms with Crippen LogP contribution in [0.1, 0.15) is 61.4 Å². The molecule has 3 N–H and O–H groups in total. The zero-order valence-corrected chi connectivity index (χ0v) is 28.3. The highest BCUT2D eigenvalue weighted by atomic mass is 32.2. The van der Waals surface area contributed by atoms with Crippen molar-refractivity contribution >= 4 is 22.2 Å². The molecule has 14 nitrogen and oxygen atoms in total. The number of hydrogen-bond acceptors (Lipinski definition) is 12. The Morgan fingerprint density at radius 1 is 1.08 bits per heavy atom. The van der Waals surface area contributed by atoms with Crippen molar-refractivity contribution in [2.24, 2.45) is 5.73 Å². The van der Waals surface area contributed by atoms with Crippen LogP contribution >= 0.6 is 0 Å². The molecule has 49 heavy (non-hydrogen) atoms. The topological polar surface area (TPSA) is 187 Å². The number of anilines is 1. The van der Waals surface area contributed by atoms with Crippen LogP contribution in [-0.4, -0.2) is 82.4 Å². The number of piperidine rings is 1. The van der Waals surface area contributed by atoms with Gasteiger partial charge in [0.2, 0.25) is 5.95 Å². The molecule has 2 aliphatic rings. The van der Waals surface area contributed by atoms with E-state index < -0.39 is 10.1 Å². The van der Waals surface area contributed by atoms with Crippen molar-refractivity contribution in [2.45, 2.75) is 69.1 Å². The van der Waals surface area contributed by atoms with Crippen molar-refractivity contribution in [3.05, 3.63) is 89.6 Å². The van der Waals surface area contributed by atoms with Crippen LogP contribution in [0.3, 0.4) is 0 Å². The third-order valence-electron chi connectivity index (χ3n) is 8.19. The molecule has 0 aliphatic carbocycles. The number of halogens is 1. The Morgan fingerprint density at radius 2 is 1.76 bits per heavy atom. The Morgan fingerprint density at radius 3 is 2.39 bits per heavy atom. The number of nitrogens with zero attached hydrogens (tertiary/aromatic N) is 6. The highest BCUT2D eigenvalue weighted by molar-refractivity contribution is 7.85. The van der Waals surface area contributed by atoms with Gasteiger partial charge in [0.05, 0.1) is 23.4 Å².